The predicted octanol–water partition coefficient (Wildman–Crippen LogP) is 5.68. The number of ether oxygens (including phenoxy) is 1. The first-order chi connectivity index (χ1) is 16.0. The lowest BCUT2D eigenvalue weighted by atomic mass is 10.1. The fourth-order valence-electron chi connectivity index (χ4n) is 3.42. The Morgan fingerprint density at radius 3 is 2.55 bits per heavy atom. The molecule has 0 aliphatic heterocycles. The summed E-state index contributed by atoms with van der Waals surface area (Å²) in [5.74, 6) is 1.34. The molecule has 0 saturated heterocycles. The Kier molecular flexibility index (Phi) is 6.79. The van der Waals surface area contributed by atoms with Gasteiger partial charge in [0.15, 0.2) is 11.0 Å². The van der Waals surface area contributed by atoms with Crippen LogP contribution in [-0.4, -0.2) is 33.0 Å². The third-order valence-electron chi connectivity index (χ3n) is 5.28. The number of carbonyl (C=O) groups is 1. The van der Waals surface area contributed by atoms with Crippen molar-refractivity contribution >= 4 is 23.4 Å². The van der Waals surface area contributed by atoms with E-state index in [0.29, 0.717) is 11.0 Å². The van der Waals surface area contributed by atoms with Crippen LogP contribution in [0.15, 0.2) is 78.0 Å². The number of nitrogens with zero attached hydrogens (tertiary/aromatic N) is 3. The molecule has 6 nitrogen and oxygen atoms in total. The number of benzene rings is 3. The van der Waals surface area contributed by atoms with Crippen LogP contribution in [0, 0.1) is 13.8 Å². The van der Waals surface area contributed by atoms with E-state index in [4.69, 9.17) is 4.74 Å². The standard InChI is InChI=1S/C26H26N4O2S/c1-17-13-14-18(2)23(15-17)27-25(31)19(3)33-26-29-28-24(20-9-8-12-22(16-20)32-4)30(26)21-10-6-5-7-11-21/h5-16,19H,1-4H3,(H,27,31). The number of carbonyl (C=O) groups excluding carboxylic acids is 1. The molecule has 0 fully saturated rings. The van der Waals surface area contributed by atoms with E-state index in [1.165, 1.54) is 11.8 Å². The lowest BCUT2D eigenvalue weighted by molar-refractivity contribution is -0.115. The molecule has 0 aliphatic rings. The number of hydrogen-bond donors (Lipinski definition) is 1. The maximum atomic E-state index is 13.0. The Labute approximate surface area is 198 Å². The number of anilines is 1. The molecule has 0 spiro atoms. The zero-order chi connectivity index (χ0) is 23.4. The van der Waals surface area contributed by atoms with Crippen LogP contribution in [0.3, 0.4) is 0 Å². The number of rotatable bonds is 7. The first-order valence-corrected chi connectivity index (χ1v) is 11.5. The molecule has 33 heavy (non-hydrogen) atoms. The molecule has 1 amide bonds. The highest BCUT2D eigenvalue weighted by Gasteiger charge is 2.22. The molecule has 1 N–H and O–H groups in total. The Bertz CT molecular complexity index is 1270. The molecule has 3 aromatic carbocycles. The number of thioether (sulfide) groups is 1. The third kappa shape index (κ3) is 5.09. The van der Waals surface area contributed by atoms with Gasteiger partial charge in [0.25, 0.3) is 0 Å². The zero-order valence-electron chi connectivity index (χ0n) is 19.1. The van der Waals surface area contributed by atoms with Gasteiger partial charge in [-0.05, 0) is 62.2 Å². The summed E-state index contributed by atoms with van der Waals surface area (Å²) in [6.45, 7) is 5.87. The molecule has 0 bridgehead atoms. The van der Waals surface area contributed by atoms with Gasteiger partial charge in [-0.25, -0.2) is 0 Å². The van der Waals surface area contributed by atoms with Crippen LogP contribution in [-0.2, 0) is 4.79 Å². The molecule has 4 aromatic rings. The number of hydrogen-bond acceptors (Lipinski definition) is 5. The van der Waals surface area contributed by atoms with Crippen LogP contribution in [0.5, 0.6) is 5.75 Å². The number of aromatic nitrogens is 3. The average molecular weight is 459 g/mol. The predicted molar refractivity (Wildman–Crippen MR) is 133 cm³/mol. The van der Waals surface area contributed by atoms with E-state index in [9.17, 15) is 4.79 Å². The van der Waals surface area contributed by atoms with E-state index in [0.717, 1.165) is 33.8 Å². The van der Waals surface area contributed by atoms with Gasteiger partial charge in [-0.15, -0.1) is 10.2 Å². The van der Waals surface area contributed by atoms with Gasteiger partial charge in [0, 0.05) is 16.9 Å². The fourth-order valence-corrected chi connectivity index (χ4v) is 4.29. The maximum Gasteiger partial charge on any atom is 0.237 e. The second kappa shape index (κ2) is 9.92. The summed E-state index contributed by atoms with van der Waals surface area (Å²) in [5.41, 5.74) is 4.76. The molecule has 1 heterocycles. The minimum Gasteiger partial charge on any atom is -0.497 e. The van der Waals surface area contributed by atoms with Gasteiger partial charge in [0.2, 0.25) is 5.91 Å². The van der Waals surface area contributed by atoms with E-state index >= 15 is 0 Å². The largest absolute Gasteiger partial charge is 0.497 e. The van der Waals surface area contributed by atoms with Gasteiger partial charge < -0.3 is 10.1 Å². The van der Waals surface area contributed by atoms with Gasteiger partial charge >= 0.3 is 0 Å². The highest BCUT2D eigenvalue weighted by molar-refractivity contribution is 8.00. The van der Waals surface area contributed by atoms with Crippen molar-refractivity contribution in [2.75, 3.05) is 12.4 Å². The van der Waals surface area contributed by atoms with E-state index in [1.54, 1.807) is 7.11 Å². The van der Waals surface area contributed by atoms with Crippen molar-refractivity contribution in [1.82, 2.24) is 14.8 Å². The van der Waals surface area contributed by atoms with Gasteiger partial charge in [-0.1, -0.05) is 54.2 Å². The maximum absolute atomic E-state index is 13.0. The molecule has 4 rings (SSSR count). The first-order valence-electron chi connectivity index (χ1n) is 10.7. The molecule has 1 atom stereocenters. The van der Waals surface area contributed by atoms with Gasteiger partial charge in [0.1, 0.15) is 5.75 Å². The van der Waals surface area contributed by atoms with E-state index in [-0.39, 0.29) is 11.2 Å². The van der Waals surface area contributed by atoms with Crippen LogP contribution in [0.25, 0.3) is 17.1 Å². The van der Waals surface area contributed by atoms with E-state index in [1.807, 2.05) is 98.1 Å². The summed E-state index contributed by atoms with van der Waals surface area (Å²) in [6, 6.07) is 23.6. The van der Waals surface area contributed by atoms with Crippen molar-refractivity contribution in [2.24, 2.45) is 0 Å². The summed E-state index contributed by atoms with van der Waals surface area (Å²) < 4.78 is 7.36. The summed E-state index contributed by atoms with van der Waals surface area (Å²) in [5, 5.41) is 12.2. The lowest BCUT2D eigenvalue weighted by Gasteiger charge is -2.15. The first kappa shape index (κ1) is 22.6. The van der Waals surface area contributed by atoms with Crippen LogP contribution < -0.4 is 10.1 Å². The SMILES string of the molecule is COc1cccc(-c2nnc(SC(C)C(=O)Nc3cc(C)ccc3C)n2-c2ccccc2)c1. The van der Waals surface area contributed by atoms with Crippen molar-refractivity contribution in [2.45, 2.75) is 31.2 Å². The van der Waals surface area contributed by atoms with Crippen LogP contribution in [0.2, 0.25) is 0 Å². The molecule has 0 saturated carbocycles. The number of methoxy groups -OCH3 is 1. The number of aryl methyl sites for hydroxylation is 2. The topological polar surface area (TPSA) is 69.0 Å². The minimum absolute atomic E-state index is 0.0840. The molecule has 0 aliphatic carbocycles. The van der Waals surface area contributed by atoms with E-state index in [2.05, 4.69) is 15.5 Å². The fraction of sp³-hybridized carbons (Fsp3) is 0.192. The molecular formula is C26H26N4O2S. The second-order valence-corrected chi connectivity index (χ2v) is 9.08. The quantitative estimate of drug-likeness (QED) is 0.361. The molecule has 168 valence electrons. The normalized spacial score (nSPS) is 11.8. The molecule has 0 radical (unpaired) electrons. The number of nitrogens with one attached hydrogen (secondary N) is 1. The minimum atomic E-state index is -0.380. The Hall–Kier alpha value is -3.58. The molecule has 7 heteroatoms. The summed E-state index contributed by atoms with van der Waals surface area (Å²) in [6.07, 6.45) is 0. The summed E-state index contributed by atoms with van der Waals surface area (Å²) in [7, 11) is 1.64. The Morgan fingerprint density at radius 2 is 1.79 bits per heavy atom. The monoisotopic (exact) mass is 458 g/mol. The average Bonchev–Trinajstić information content (AvgIpc) is 3.25. The van der Waals surface area contributed by atoms with Crippen molar-refractivity contribution in [3.8, 4) is 22.8 Å². The zero-order valence-corrected chi connectivity index (χ0v) is 19.9. The molecule has 1 unspecified atom stereocenters. The Morgan fingerprint density at radius 1 is 1.00 bits per heavy atom. The van der Waals surface area contributed by atoms with Crippen LogP contribution >= 0.6 is 11.8 Å². The molecular weight excluding hydrogens is 432 g/mol. The summed E-state index contributed by atoms with van der Waals surface area (Å²) in [4.78, 5) is 13.0. The smallest absolute Gasteiger partial charge is 0.237 e. The highest BCUT2D eigenvalue weighted by atomic mass is 32.2. The van der Waals surface area contributed by atoms with Gasteiger partial charge in [-0.2, -0.15) is 0 Å². The van der Waals surface area contributed by atoms with Crippen LogP contribution in [0.1, 0.15) is 18.1 Å². The summed E-state index contributed by atoms with van der Waals surface area (Å²) >= 11 is 1.37. The number of para-hydroxylation sites is 1. The van der Waals surface area contributed by atoms with E-state index < -0.39 is 0 Å². The second-order valence-electron chi connectivity index (χ2n) is 7.78. The van der Waals surface area contributed by atoms with Gasteiger partial charge in [-0.3, -0.25) is 9.36 Å². The third-order valence-corrected chi connectivity index (χ3v) is 6.32. The van der Waals surface area contributed by atoms with Gasteiger partial charge in [0.05, 0.1) is 12.4 Å². The highest BCUT2D eigenvalue weighted by Crippen LogP contribution is 2.32. The lowest BCUT2D eigenvalue weighted by Crippen LogP contribution is -2.23. The van der Waals surface area contributed by atoms with Crippen molar-refractivity contribution in [3.05, 3.63) is 83.9 Å². The van der Waals surface area contributed by atoms with Crippen LogP contribution in [0.4, 0.5) is 5.69 Å². The molecule has 1 aromatic heterocycles. The Balaban J connectivity index is 1.65. The van der Waals surface area contributed by atoms with Crippen molar-refractivity contribution in [3.63, 3.8) is 0 Å². The van der Waals surface area contributed by atoms with Crippen molar-refractivity contribution in [1.29, 1.82) is 0 Å². The number of amides is 1. The van der Waals surface area contributed by atoms with Crippen molar-refractivity contribution < 1.29 is 9.53 Å².